The number of thioether (sulfide) groups is 2. The van der Waals surface area contributed by atoms with Gasteiger partial charge in [-0.1, -0.05) is 42.2 Å². The molecule has 25 heavy (non-hydrogen) atoms. The van der Waals surface area contributed by atoms with E-state index in [4.69, 9.17) is 17.0 Å². The van der Waals surface area contributed by atoms with Crippen molar-refractivity contribution in [3.8, 4) is 5.75 Å². The molecular formula is C19H17NO2S3. The lowest BCUT2D eigenvalue weighted by Gasteiger charge is -2.15. The molecule has 0 aliphatic carbocycles. The average molecular weight is 388 g/mol. The van der Waals surface area contributed by atoms with E-state index in [0.29, 0.717) is 15.8 Å². The summed E-state index contributed by atoms with van der Waals surface area (Å²) in [6.07, 6.45) is 3.87. The Morgan fingerprint density at radius 2 is 2.04 bits per heavy atom. The Kier molecular flexibility index (Phi) is 5.83. The van der Waals surface area contributed by atoms with Crippen LogP contribution < -0.4 is 9.64 Å². The topological polar surface area (TPSA) is 29.5 Å². The molecule has 2 aromatic carbocycles. The molecule has 0 bridgehead atoms. The number of amides is 1. The molecule has 3 nitrogen and oxygen atoms in total. The molecule has 1 fully saturated rings. The van der Waals surface area contributed by atoms with Gasteiger partial charge in [0.15, 0.2) is 4.32 Å². The third-order valence-corrected chi connectivity index (χ3v) is 5.60. The number of hydrogen-bond acceptors (Lipinski definition) is 5. The van der Waals surface area contributed by atoms with Gasteiger partial charge in [-0.3, -0.25) is 9.69 Å². The van der Waals surface area contributed by atoms with Crippen LogP contribution in [0.3, 0.4) is 0 Å². The Labute approximate surface area is 161 Å². The first kappa shape index (κ1) is 18.0. The zero-order valence-corrected chi connectivity index (χ0v) is 16.3. The minimum Gasteiger partial charge on any atom is -0.494 e. The van der Waals surface area contributed by atoms with Crippen LogP contribution in [0.2, 0.25) is 0 Å². The Hall–Kier alpha value is -1.76. The fraction of sp³-hybridized carbons (Fsp3) is 0.158. The predicted octanol–water partition coefficient (Wildman–Crippen LogP) is 5.21. The molecule has 0 atom stereocenters. The third-order valence-electron chi connectivity index (χ3n) is 3.57. The molecule has 3 rings (SSSR count). The first-order valence-electron chi connectivity index (χ1n) is 7.77. The van der Waals surface area contributed by atoms with Crippen LogP contribution in [0.15, 0.2) is 58.3 Å². The number of nitrogens with zero attached hydrogens (tertiary/aromatic N) is 1. The van der Waals surface area contributed by atoms with Crippen molar-refractivity contribution < 1.29 is 9.53 Å². The van der Waals surface area contributed by atoms with Crippen LogP contribution in [0.4, 0.5) is 5.69 Å². The second kappa shape index (κ2) is 8.08. The van der Waals surface area contributed by atoms with Gasteiger partial charge in [-0.2, -0.15) is 0 Å². The summed E-state index contributed by atoms with van der Waals surface area (Å²) in [4.78, 5) is 16.2. The monoisotopic (exact) mass is 387 g/mol. The third kappa shape index (κ3) is 4.08. The number of hydrogen-bond donors (Lipinski definition) is 0. The summed E-state index contributed by atoms with van der Waals surface area (Å²) < 4.78 is 6.07. The van der Waals surface area contributed by atoms with E-state index < -0.39 is 0 Å². The van der Waals surface area contributed by atoms with Crippen molar-refractivity contribution in [2.24, 2.45) is 0 Å². The van der Waals surface area contributed by atoms with Gasteiger partial charge < -0.3 is 4.74 Å². The maximum atomic E-state index is 12.8. The number of thiocarbonyl (C=S) groups is 1. The molecule has 0 unspecified atom stereocenters. The van der Waals surface area contributed by atoms with Crippen molar-refractivity contribution >= 4 is 57.7 Å². The van der Waals surface area contributed by atoms with Crippen LogP contribution in [0.1, 0.15) is 12.5 Å². The van der Waals surface area contributed by atoms with Crippen molar-refractivity contribution in [1.29, 1.82) is 0 Å². The van der Waals surface area contributed by atoms with Crippen LogP contribution >= 0.6 is 35.7 Å². The lowest BCUT2D eigenvalue weighted by atomic mass is 10.2. The fourth-order valence-electron chi connectivity index (χ4n) is 2.45. The molecule has 6 heteroatoms. The summed E-state index contributed by atoms with van der Waals surface area (Å²) in [5, 5.41) is 0. The van der Waals surface area contributed by atoms with E-state index in [9.17, 15) is 4.79 Å². The Balaban J connectivity index is 1.89. The zero-order chi connectivity index (χ0) is 17.8. The van der Waals surface area contributed by atoms with Crippen LogP contribution in [0, 0.1) is 0 Å². The van der Waals surface area contributed by atoms with Crippen molar-refractivity contribution in [3.63, 3.8) is 0 Å². The Morgan fingerprint density at radius 1 is 1.24 bits per heavy atom. The van der Waals surface area contributed by atoms with Gasteiger partial charge in [-0.15, -0.1) is 11.8 Å². The van der Waals surface area contributed by atoms with E-state index in [1.165, 1.54) is 11.8 Å². The SMILES string of the molecule is CCOc1cccc(/C=C2\SC(=S)N(c3cccc(SC)c3)C2=O)c1. The number of ether oxygens (including phenoxy) is 1. The largest absolute Gasteiger partial charge is 0.494 e. The number of carbonyl (C=O) groups is 1. The normalized spacial score (nSPS) is 15.9. The van der Waals surface area contributed by atoms with Gasteiger partial charge >= 0.3 is 0 Å². The summed E-state index contributed by atoms with van der Waals surface area (Å²) in [6.45, 7) is 2.55. The summed E-state index contributed by atoms with van der Waals surface area (Å²) >= 11 is 8.40. The van der Waals surface area contributed by atoms with Crippen molar-refractivity contribution in [2.45, 2.75) is 11.8 Å². The van der Waals surface area contributed by atoms with Crippen molar-refractivity contribution in [3.05, 3.63) is 59.0 Å². The molecule has 2 aromatic rings. The van der Waals surface area contributed by atoms with Crippen LogP contribution in [0.5, 0.6) is 5.75 Å². The molecule has 1 aliphatic heterocycles. The fourth-order valence-corrected chi connectivity index (χ4v) is 4.20. The van der Waals surface area contributed by atoms with Gasteiger partial charge in [0.1, 0.15) is 5.75 Å². The number of carbonyl (C=O) groups excluding carboxylic acids is 1. The molecular weight excluding hydrogens is 370 g/mol. The van der Waals surface area contributed by atoms with Crippen molar-refractivity contribution in [1.82, 2.24) is 0 Å². The maximum absolute atomic E-state index is 12.8. The molecule has 1 heterocycles. The highest BCUT2D eigenvalue weighted by molar-refractivity contribution is 8.27. The van der Waals surface area contributed by atoms with Gasteiger partial charge in [0.25, 0.3) is 5.91 Å². The van der Waals surface area contributed by atoms with Gasteiger partial charge in [-0.05, 0) is 55.2 Å². The van der Waals surface area contributed by atoms with Crippen LogP contribution in [-0.2, 0) is 4.79 Å². The average Bonchev–Trinajstić information content (AvgIpc) is 2.89. The molecule has 0 N–H and O–H groups in total. The van der Waals surface area contributed by atoms with E-state index in [1.54, 1.807) is 16.7 Å². The van der Waals surface area contributed by atoms with Gasteiger partial charge in [0.2, 0.25) is 0 Å². The van der Waals surface area contributed by atoms with Crippen LogP contribution in [0.25, 0.3) is 6.08 Å². The minimum absolute atomic E-state index is 0.0879. The lowest BCUT2D eigenvalue weighted by Crippen LogP contribution is -2.27. The molecule has 1 saturated heterocycles. The van der Waals surface area contributed by atoms with Gasteiger partial charge in [-0.25, -0.2) is 0 Å². The highest BCUT2D eigenvalue weighted by Gasteiger charge is 2.33. The zero-order valence-electron chi connectivity index (χ0n) is 13.9. The Morgan fingerprint density at radius 3 is 2.80 bits per heavy atom. The van der Waals surface area contributed by atoms with E-state index in [-0.39, 0.29) is 5.91 Å². The maximum Gasteiger partial charge on any atom is 0.270 e. The van der Waals surface area contributed by atoms with E-state index in [1.807, 2.05) is 67.8 Å². The summed E-state index contributed by atoms with van der Waals surface area (Å²) in [5.74, 6) is 0.703. The quantitative estimate of drug-likeness (QED) is 0.399. The van der Waals surface area contributed by atoms with Gasteiger partial charge in [0.05, 0.1) is 17.2 Å². The Bertz CT molecular complexity index is 848. The lowest BCUT2D eigenvalue weighted by molar-refractivity contribution is -0.113. The first-order valence-corrected chi connectivity index (χ1v) is 10.2. The van der Waals surface area contributed by atoms with E-state index >= 15 is 0 Å². The molecule has 0 saturated carbocycles. The minimum atomic E-state index is -0.0879. The number of anilines is 1. The van der Waals surface area contributed by atoms with Gasteiger partial charge in [0, 0.05) is 4.90 Å². The van der Waals surface area contributed by atoms with E-state index in [0.717, 1.165) is 21.9 Å². The summed E-state index contributed by atoms with van der Waals surface area (Å²) in [7, 11) is 0. The highest BCUT2D eigenvalue weighted by atomic mass is 32.2. The smallest absolute Gasteiger partial charge is 0.270 e. The number of benzene rings is 2. The number of rotatable bonds is 5. The molecule has 0 aromatic heterocycles. The summed E-state index contributed by atoms with van der Waals surface area (Å²) in [5.41, 5.74) is 1.73. The van der Waals surface area contributed by atoms with Crippen molar-refractivity contribution in [2.75, 3.05) is 17.8 Å². The second-order valence-electron chi connectivity index (χ2n) is 5.22. The molecule has 0 spiro atoms. The molecule has 0 radical (unpaired) electrons. The highest BCUT2D eigenvalue weighted by Crippen LogP contribution is 2.37. The predicted molar refractivity (Wildman–Crippen MR) is 111 cm³/mol. The molecule has 128 valence electrons. The first-order chi connectivity index (χ1) is 12.1. The summed E-state index contributed by atoms with van der Waals surface area (Å²) in [6, 6.07) is 15.5. The molecule has 1 amide bonds. The second-order valence-corrected chi connectivity index (χ2v) is 7.78. The molecule has 1 aliphatic rings. The van der Waals surface area contributed by atoms with E-state index in [2.05, 4.69) is 0 Å². The van der Waals surface area contributed by atoms with Crippen LogP contribution in [-0.4, -0.2) is 23.1 Å². The standard InChI is InChI=1S/C19H17NO2S3/c1-3-22-15-8-4-6-13(10-15)11-17-18(21)20(19(23)25-17)14-7-5-9-16(12-14)24-2/h4-12H,3H2,1-2H3/b17-11-.